The lowest BCUT2D eigenvalue weighted by molar-refractivity contribution is -0.387. The van der Waals surface area contributed by atoms with Crippen molar-refractivity contribution in [2.24, 2.45) is 0 Å². The minimum absolute atomic E-state index is 0.342. The van der Waals surface area contributed by atoms with Crippen molar-refractivity contribution in [3.8, 4) is 0 Å². The molecule has 0 N–H and O–H groups in total. The first-order valence-electron chi connectivity index (χ1n) is 6.47. The number of esters is 1. The van der Waals surface area contributed by atoms with Crippen LogP contribution in [0.2, 0.25) is 0 Å². The first-order chi connectivity index (χ1) is 12.3. The molecular formula is C12H8F7NO5S2. The Morgan fingerprint density at radius 3 is 2.33 bits per heavy atom. The molecule has 0 aliphatic carbocycles. The number of rotatable bonds is 8. The van der Waals surface area contributed by atoms with Gasteiger partial charge in [0.15, 0.2) is 17.4 Å². The highest BCUT2D eigenvalue weighted by atomic mass is 32.2. The third kappa shape index (κ3) is 6.64. The van der Waals surface area contributed by atoms with Gasteiger partial charge < -0.3 is 4.74 Å². The molecule has 27 heavy (non-hydrogen) atoms. The highest BCUT2D eigenvalue weighted by Gasteiger charge is 2.42. The molecule has 15 heteroatoms. The quantitative estimate of drug-likeness (QED) is 0.200. The smallest absolute Gasteiger partial charge is 0.458 e. The third-order valence-electron chi connectivity index (χ3n) is 2.64. The fraction of sp³-hybridized carbons (Fsp3) is 0.417. The maximum atomic E-state index is 12.6. The molecule has 0 amide bonds. The van der Waals surface area contributed by atoms with Gasteiger partial charge in [-0.15, -0.1) is 11.8 Å². The highest BCUT2D eigenvalue weighted by Crippen LogP contribution is 2.34. The fourth-order valence-electron chi connectivity index (χ4n) is 1.43. The summed E-state index contributed by atoms with van der Waals surface area (Å²) in [6, 6.07) is 1.85. The van der Waals surface area contributed by atoms with Crippen LogP contribution in [0.5, 0.6) is 0 Å². The normalized spacial score (nSPS) is 13.5. The van der Waals surface area contributed by atoms with Crippen molar-refractivity contribution >= 4 is 34.2 Å². The second kappa shape index (κ2) is 8.86. The molecule has 0 bridgehead atoms. The van der Waals surface area contributed by atoms with Crippen LogP contribution in [0.4, 0.5) is 36.4 Å². The molecule has 1 aromatic rings. The van der Waals surface area contributed by atoms with Crippen LogP contribution in [-0.4, -0.2) is 45.3 Å². The summed E-state index contributed by atoms with van der Waals surface area (Å²) in [4.78, 5) is 19.9. The van der Waals surface area contributed by atoms with Gasteiger partial charge in [-0.25, -0.2) is 13.0 Å². The Kier molecular flexibility index (Phi) is 7.59. The van der Waals surface area contributed by atoms with E-state index in [2.05, 4.69) is 4.74 Å². The van der Waals surface area contributed by atoms with Crippen LogP contribution in [0.15, 0.2) is 28.0 Å². The lowest BCUT2D eigenvalue weighted by Gasteiger charge is -2.14. The van der Waals surface area contributed by atoms with Crippen molar-refractivity contribution in [2.45, 2.75) is 27.6 Å². The van der Waals surface area contributed by atoms with Gasteiger partial charge in [0.25, 0.3) is 5.69 Å². The topological polar surface area (TPSA) is 86.5 Å². The van der Waals surface area contributed by atoms with E-state index in [1.807, 2.05) is 0 Å². The number of benzene rings is 1. The largest absolute Gasteiger partial charge is 0.475 e. The van der Waals surface area contributed by atoms with E-state index >= 15 is 0 Å². The lowest BCUT2D eigenvalue weighted by Crippen LogP contribution is -2.33. The van der Waals surface area contributed by atoms with Crippen molar-refractivity contribution in [1.82, 2.24) is 0 Å². The number of thioether (sulfide) groups is 1. The monoisotopic (exact) mass is 443 g/mol. The molecule has 1 atom stereocenters. The van der Waals surface area contributed by atoms with Gasteiger partial charge in [0.1, 0.15) is 0 Å². The number of hydrogen-bond donors (Lipinski definition) is 0. The number of halogens is 7. The number of alkyl halides is 7. The summed E-state index contributed by atoms with van der Waals surface area (Å²) in [5.41, 5.74) is -6.07. The SMILES string of the molecule is O=C(CSc1ccc(S(=O)C(F)(F)F)cc1[N+](=O)[O-])OCC(F)(F)C(F)F. The molecule has 6 nitrogen and oxygen atoms in total. The van der Waals surface area contributed by atoms with Gasteiger partial charge in [0, 0.05) is 6.07 Å². The lowest BCUT2D eigenvalue weighted by atomic mass is 10.3. The summed E-state index contributed by atoms with van der Waals surface area (Å²) in [5.74, 6) is -6.80. The Balaban J connectivity index is 2.85. The van der Waals surface area contributed by atoms with E-state index in [0.29, 0.717) is 23.9 Å². The summed E-state index contributed by atoms with van der Waals surface area (Å²) < 4.78 is 101. The van der Waals surface area contributed by atoms with Gasteiger partial charge in [-0.2, -0.15) is 22.0 Å². The molecule has 0 aliphatic rings. The zero-order valence-corrected chi connectivity index (χ0v) is 14.3. The van der Waals surface area contributed by atoms with E-state index in [-0.39, 0.29) is 4.90 Å². The van der Waals surface area contributed by atoms with Gasteiger partial charge in [-0.3, -0.25) is 14.9 Å². The molecular weight excluding hydrogens is 435 g/mol. The van der Waals surface area contributed by atoms with Crippen molar-refractivity contribution < 1.29 is 49.4 Å². The molecule has 0 spiro atoms. The molecule has 152 valence electrons. The van der Waals surface area contributed by atoms with Gasteiger partial charge in [-0.1, -0.05) is 0 Å². The average molecular weight is 443 g/mol. The van der Waals surface area contributed by atoms with Gasteiger partial charge in [-0.05, 0) is 12.1 Å². The maximum absolute atomic E-state index is 12.6. The number of ether oxygens (including phenoxy) is 1. The van der Waals surface area contributed by atoms with Crippen LogP contribution in [0.1, 0.15) is 0 Å². The first kappa shape index (κ1) is 23.1. The van der Waals surface area contributed by atoms with Crippen LogP contribution in [0.3, 0.4) is 0 Å². The Bertz CT molecular complexity index is 741. The molecule has 0 saturated carbocycles. The predicted molar refractivity (Wildman–Crippen MR) is 78.2 cm³/mol. The highest BCUT2D eigenvalue weighted by molar-refractivity contribution is 8.00. The van der Waals surface area contributed by atoms with Crippen molar-refractivity contribution in [3.63, 3.8) is 0 Å². The maximum Gasteiger partial charge on any atom is 0.475 e. The fourth-order valence-corrected chi connectivity index (χ4v) is 2.91. The average Bonchev–Trinajstić information content (AvgIpc) is 2.56. The van der Waals surface area contributed by atoms with Crippen molar-refractivity contribution in [3.05, 3.63) is 28.3 Å². The molecule has 0 saturated heterocycles. The summed E-state index contributed by atoms with van der Waals surface area (Å²) in [5, 5.41) is 10.9. The molecule has 0 heterocycles. The number of nitrogens with zero attached hydrogens (tertiary/aromatic N) is 1. The van der Waals surface area contributed by atoms with Gasteiger partial charge >= 0.3 is 23.8 Å². The number of hydrogen-bond acceptors (Lipinski definition) is 6. The van der Waals surface area contributed by atoms with Crippen LogP contribution in [0, 0.1) is 10.1 Å². The standard InChI is InChI=1S/C12H8F7NO5S2/c13-10(14)11(15,16)5-25-9(21)4-26-8-2-1-6(3-7(8)20(22)23)27(24)12(17,18)19/h1-3,10H,4-5H2. The van der Waals surface area contributed by atoms with Crippen LogP contribution in [0.25, 0.3) is 0 Å². The van der Waals surface area contributed by atoms with Gasteiger partial charge in [0.05, 0.1) is 20.5 Å². The zero-order chi connectivity index (χ0) is 21.0. The van der Waals surface area contributed by atoms with Crippen molar-refractivity contribution in [1.29, 1.82) is 0 Å². The van der Waals surface area contributed by atoms with E-state index in [1.165, 1.54) is 0 Å². The van der Waals surface area contributed by atoms with E-state index < -0.39 is 62.5 Å². The molecule has 0 aliphatic heterocycles. The number of nitro benzene ring substituents is 1. The Morgan fingerprint density at radius 2 is 1.85 bits per heavy atom. The minimum Gasteiger partial charge on any atom is -0.458 e. The Hall–Kier alpha value is -1.90. The second-order valence-electron chi connectivity index (χ2n) is 4.61. The summed E-state index contributed by atoms with van der Waals surface area (Å²) in [7, 11) is -3.53. The predicted octanol–water partition coefficient (Wildman–Crippen LogP) is 3.76. The first-order valence-corrected chi connectivity index (χ1v) is 8.60. The zero-order valence-electron chi connectivity index (χ0n) is 12.7. The molecule has 1 unspecified atom stereocenters. The number of nitro groups is 1. The van der Waals surface area contributed by atoms with E-state index in [9.17, 15) is 49.9 Å². The summed E-state index contributed by atoms with van der Waals surface area (Å²) in [6.45, 7) is -1.91. The van der Waals surface area contributed by atoms with Crippen molar-refractivity contribution in [2.75, 3.05) is 12.4 Å². The molecule has 1 aromatic carbocycles. The second-order valence-corrected chi connectivity index (χ2v) is 7.10. The van der Waals surface area contributed by atoms with Crippen LogP contribution < -0.4 is 0 Å². The minimum atomic E-state index is -5.15. The number of carbonyl (C=O) groups is 1. The van der Waals surface area contributed by atoms with E-state index in [4.69, 9.17) is 0 Å². The van der Waals surface area contributed by atoms with E-state index in [1.54, 1.807) is 0 Å². The molecule has 0 fully saturated rings. The molecule has 1 rings (SSSR count). The van der Waals surface area contributed by atoms with Crippen LogP contribution in [-0.2, 0) is 20.3 Å². The summed E-state index contributed by atoms with van der Waals surface area (Å²) in [6.07, 6.45) is -4.07. The number of carbonyl (C=O) groups excluding carboxylic acids is 1. The Labute approximate surface area is 152 Å². The van der Waals surface area contributed by atoms with Crippen LogP contribution >= 0.6 is 11.8 Å². The molecule has 0 aromatic heterocycles. The Morgan fingerprint density at radius 1 is 1.26 bits per heavy atom. The summed E-state index contributed by atoms with van der Waals surface area (Å²) >= 11 is 0.342. The molecule has 0 radical (unpaired) electrons. The van der Waals surface area contributed by atoms with Gasteiger partial charge in [0.2, 0.25) is 0 Å². The van der Waals surface area contributed by atoms with E-state index in [0.717, 1.165) is 6.07 Å². The third-order valence-corrected chi connectivity index (χ3v) is 4.78.